The summed E-state index contributed by atoms with van der Waals surface area (Å²) in [5, 5.41) is 0. The topological polar surface area (TPSA) is 17.1 Å². The Kier molecular flexibility index (Phi) is 5.80. The molecule has 0 aliphatic carbocycles. The van der Waals surface area contributed by atoms with Crippen molar-refractivity contribution in [2.45, 2.75) is 44.5 Å². The highest BCUT2D eigenvalue weighted by atomic mass is 19.4. The Bertz CT molecular complexity index is 443. The molecule has 0 aliphatic rings. The van der Waals surface area contributed by atoms with Gasteiger partial charge in [0.15, 0.2) is 6.29 Å². The van der Waals surface area contributed by atoms with Crippen molar-refractivity contribution in [3.8, 4) is 0 Å². The zero-order valence-electron chi connectivity index (χ0n) is 10.9. The Labute approximate surface area is 118 Å². The van der Waals surface area contributed by atoms with Gasteiger partial charge in [0, 0.05) is 6.42 Å². The second-order valence-corrected chi connectivity index (χ2v) is 4.62. The van der Waals surface area contributed by atoms with E-state index in [0.717, 1.165) is 12.1 Å². The van der Waals surface area contributed by atoms with Gasteiger partial charge in [-0.15, -0.1) is 0 Å². The lowest BCUT2D eigenvalue weighted by Gasteiger charge is -2.14. The highest BCUT2D eigenvalue weighted by Crippen LogP contribution is 2.36. The zero-order valence-corrected chi connectivity index (χ0v) is 10.9. The summed E-state index contributed by atoms with van der Waals surface area (Å²) in [5.41, 5.74) is -2.60. The van der Waals surface area contributed by atoms with E-state index in [4.69, 9.17) is 0 Å². The van der Waals surface area contributed by atoms with Crippen molar-refractivity contribution in [1.29, 1.82) is 0 Å². The summed E-state index contributed by atoms with van der Waals surface area (Å²) in [6.45, 7) is 0. The molecule has 0 aromatic heterocycles. The maximum absolute atomic E-state index is 12.6. The van der Waals surface area contributed by atoms with Crippen LogP contribution in [0.4, 0.5) is 26.3 Å². The van der Waals surface area contributed by atoms with Crippen LogP contribution in [0.2, 0.25) is 0 Å². The lowest BCUT2D eigenvalue weighted by Crippen LogP contribution is -2.11. The molecule has 0 spiro atoms. The van der Waals surface area contributed by atoms with Crippen molar-refractivity contribution in [2.75, 3.05) is 0 Å². The Morgan fingerprint density at radius 3 is 1.76 bits per heavy atom. The molecule has 0 atom stereocenters. The van der Waals surface area contributed by atoms with Crippen LogP contribution in [0, 0.1) is 0 Å². The van der Waals surface area contributed by atoms with E-state index in [1.54, 1.807) is 6.29 Å². The molecule has 0 saturated carbocycles. The highest BCUT2D eigenvalue weighted by molar-refractivity contribution is 5.50. The van der Waals surface area contributed by atoms with Crippen molar-refractivity contribution >= 4 is 6.29 Å². The largest absolute Gasteiger partial charge is 0.416 e. The summed E-state index contributed by atoms with van der Waals surface area (Å²) < 4.78 is 75.7. The molecule has 0 heterocycles. The summed E-state index contributed by atoms with van der Waals surface area (Å²) in [5.74, 6) is 0. The number of alkyl halides is 6. The van der Waals surface area contributed by atoms with Gasteiger partial charge in [-0.25, -0.2) is 0 Å². The van der Waals surface area contributed by atoms with Crippen LogP contribution in [0.5, 0.6) is 0 Å². The first-order valence-electron chi connectivity index (χ1n) is 6.28. The minimum absolute atomic E-state index is 0.00719. The molecule has 1 aromatic rings. The molecule has 0 N–H and O–H groups in total. The lowest BCUT2D eigenvalue weighted by atomic mass is 10.00. The number of unbranched alkanes of at least 4 members (excludes halogenated alkanes) is 3. The molecule has 0 aliphatic heterocycles. The Hall–Kier alpha value is -1.53. The SMILES string of the molecule is O=[C]CCCCCc1cc(C(F)(F)F)cc(C(F)(F)F)c1. The average Bonchev–Trinajstić information content (AvgIpc) is 2.36. The van der Waals surface area contributed by atoms with Gasteiger partial charge in [0.05, 0.1) is 11.1 Å². The smallest absolute Gasteiger partial charge is 0.291 e. The fraction of sp³-hybridized carbons (Fsp3) is 0.500. The minimum Gasteiger partial charge on any atom is -0.291 e. The van der Waals surface area contributed by atoms with Gasteiger partial charge in [-0.05, 0) is 43.0 Å². The normalized spacial score (nSPS) is 12.5. The van der Waals surface area contributed by atoms with E-state index in [0.29, 0.717) is 19.3 Å². The summed E-state index contributed by atoms with van der Waals surface area (Å²) in [6, 6.07) is 1.59. The van der Waals surface area contributed by atoms with Crippen molar-refractivity contribution in [3.05, 3.63) is 34.9 Å². The molecule has 1 aromatic carbocycles. The standard InChI is InChI=1S/C14H13F6O/c15-13(16,17)11-7-10(5-3-1-2-4-6-21)8-12(9-11)14(18,19)20/h7-9H,1-5H2. The fourth-order valence-corrected chi connectivity index (χ4v) is 1.87. The summed E-state index contributed by atoms with van der Waals surface area (Å²) in [6.07, 6.45) is -6.15. The third-order valence-electron chi connectivity index (χ3n) is 2.89. The molecule has 1 nitrogen and oxygen atoms in total. The van der Waals surface area contributed by atoms with E-state index < -0.39 is 23.5 Å². The predicted octanol–water partition coefficient (Wildman–Crippen LogP) is 4.94. The van der Waals surface area contributed by atoms with Gasteiger partial charge >= 0.3 is 12.4 Å². The van der Waals surface area contributed by atoms with Crippen LogP contribution in [0.3, 0.4) is 0 Å². The van der Waals surface area contributed by atoms with E-state index in [1.165, 1.54) is 0 Å². The number of carbonyl (C=O) groups excluding carboxylic acids is 1. The quantitative estimate of drug-likeness (QED) is 0.537. The van der Waals surface area contributed by atoms with E-state index in [9.17, 15) is 31.1 Å². The highest BCUT2D eigenvalue weighted by Gasteiger charge is 2.36. The Morgan fingerprint density at radius 2 is 1.33 bits per heavy atom. The van der Waals surface area contributed by atoms with Crippen molar-refractivity contribution < 1.29 is 31.1 Å². The van der Waals surface area contributed by atoms with E-state index in [1.807, 2.05) is 0 Å². The second-order valence-electron chi connectivity index (χ2n) is 4.62. The Morgan fingerprint density at radius 1 is 0.810 bits per heavy atom. The zero-order chi connectivity index (χ0) is 16.1. The second kappa shape index (κ2) is 6.95. The predicted molar refractivity (Wildman–Crippen MR) is 64.3 cm³/mol. The first-order valence-corrected chi connectivity index (χ1v) is 6.28. The summed E-state index contributed by atoms with van der Waals surface area (Å²) >= 11 is 0. The van der Waals surface area contributed by atoms with Gasteiger partial charge < -0.3 is 0 Å². The fourth-order valence-electron chi connectivity index (χ4n) is 1.87. The van der Waals surface area contributed by atoms with Gasteiger partial charge in [-0.1, -0.05) is 6.42 Å². The van der Waals surface area contributed by atoms with Crippen LogP contribution in [0.1, 0.15) is 42.4 Å². The van der Waals surface area contributed by atoms with Crippen LogP contribution < -0.4 is 0 Å². The first kappa shape index (κ1) is 17.5. The molecule has 1 radical (unpaired) electrons. The van der Waals surface area contributed by atoms with Crippen molar-refractivity contribution in [2.24, 2.45) is 0 Å². The number of rotatable bonds is 6. The van der Waals surface area contributed by atoms with Gasteiger partial charge in [-0.2, -0.15) is 26.3 Å². The molecule has 0 saturated heterocycles. The van der Waals surface area contributed by atoms with E-state index in [2.05, 4.69) is 0 Å². The molecule has 1 rings (SSSR count). The maximum atomic E-state index is 12.6. The third kappa shape index (κ3) is 5.77. The molecule has 21 heavy (non-hydrogen) atoms. The molecule has 117 valence electrons. The van der Waals surface area contributed by atoms with E-state index >= 15 is 0 Å². The van der Waals surface area contributed by atoms with Gasteiger partial charge in [0.2, 0.25) is 0 Å². The van der Waals surface area contributed by atoms with Gasteiger partial charge in [0.1, 0.15) is 0 Å². The van der Waals surface area contributed by atoms with Crippen LogP contribution >= 0.6 is 0 Å². The number of hydrogen-bond donors (Lipinski definition) is 0. The number of benzene rings is 1. The van der Waals surface area contributed by atoms with Gasteiger partial charge in [-0.3, -0.25) is 4.79 Å². The van der Waals surface area contributed by atoms with Crippen molar-refractivity contribution in [3.63, 3.8) is 0 Å². The third-order valence-corrected chi connectivity index (χ3v) is 2.89. The Balaban J connectivity index is 2.90. The lowest BCUT2D eigenvalue weighted by molar-refractivity contribution is -0.143. The summed E-state index contributed by atoms with van der Waals surface area (Å²) in [4.78, 5) is 9.97. The molecule has 7 heteroatoms. The van der Waals surface area contributed by atoms with Crippen LogP contribution in [0.25, 0.3) is 0 Å². The number of hydrogen-bond acceptors (Lipinski definition) is 1. The molecule has 0 amide bonds. The molecule has 0 fully saturated rings. The molecular weight excluding hydrogens is 298 g/mol. The average molecular weight is 311 g/mol. The number of halogens is 6. The van der Waals surface area contributed by atoms with Crippen LogP contribution in [0.15, 0.2) is 18.2 Å². The molecule has 0 bridgehead atoms. The first-order chi connectivity index (χ1) is 9.64. The number of aryl methyl sites for hydroxylation is 1. The maximum Gasteiger partial charge on any atom is 0.416 e. The van der Waals surface area contributed by atoms with Crippen LogP contribution in [-0.2, 0) is 23.6 Å². The molecular formula is C14H13F6O. The van der Waals surface area contributed by atoms with E-state index in [-0.39, 0.29) is 24.5 Å². The van der Waals surface area contributed by atoms with Gasteiger partial charge in [0.25, 0.3) is 0 Å². The van der Waals surface area contributed by atoms with Crippen molar-refractivity contribution in [1.82, 2.24) is 0 Å². The van der Waals surface area contributed by atoms with Crippen LogP contribution in [-0.4, -0.2) is 6.29 Å². The minimum atomic E-state index is -4.82. The monoisotopic (exact) mass is 311 g/mol. The summed E-state index contributed by atoms with van der Waals surface area (Å²) in [7, 11) is 0. The molecule has 0 unspecified atom stereocenters.